The van der Waals surface area contributed by atoms with Gasteiger partial charge in [-0.15, -0.1) is 0 Å². The van der Waals surface area contributed by atoms with Crippen LogP contribution in [0.15, 0.2) is 97.2 Å². The molecular formula is C41H30N2O2. The standard InChI is InChI=1S/C41H30N2O2/c1-23(2)27-10-7-11-28(24(3)4)39(27)43-40(44)34-20-18-32-30-13-8-12-29-25(14-16-26-9-5-6-22-42-26)15-17-31(36(29)30)33-19-21-35(41(43)45)38(34)37(32)33/h5-13,15,17-24H,1-4H3. The Labute approximate surface area is 261 Å². The molecule has 0 saturated heterocycles. The highest BCUT2D eigenvalue weighted by atomic mass is 16.2. The molecule has 0 atom stereocenters. The van der Waals surface area contributed by atoms with Crippen LogP contribution in [0.4, 0.5) is 5.69 Å². The van der Waals surface area contributed by atoms with Crippen LogP contribution in [0.1, 0.15) is 82.6 Å². The van der Waals surface area contributed by atoms with Crippen molar-refractivity contribution in [1.82, 2.24) is 4.98 Å². The number of amides is 2. The van der Waals surface area contributed by atoms with E-state index in [0.29, 0.717) is 11.1 Å². The number of pyridine rings is 1. The average Bonchev–Trinajstić information content (AvgIpc) is 3.05. The van der Waals surface area contributed by atoms with E-state index in [2.05, 4.69) is 87.0 Å². The number of hydrogen-bond donors (Lipinski definition) is 0. The van der Waals surface area contributed by atoms with Gasteiger partial charge in [0.1, 0.15) is 5.69 Å². The summed E-state index contributed by atoms with van der Waals surface area (Å²) in [6, 6.07) is 30.2. The normalized spacial score (nSPS) is 13.2. The molecule has 1 aromatic heterocycles. The van der Waals surface area contributed by atoms with E-state index in [-0.39, 0.29) is 23.7 Å². The number of carbonyl (C=O) groups is 2. The van der Waals surface area contributed by atoms with E-state index >= 15 is 0 Å². The number of fused-ring (bicyclic) bond motifs is 2. The zero-order valence-electron chi connectivity index (χ0n) is 25.6. The fourth-order valence-corrected chi connectivity index (χ4v) is 7.14. The van der Waals surface area contributed by atoms with Gasteiger partial charge >= 0.3 is 0 Å². The summed E-state index contributed by atoms with van der Waals surface area (Å²) in [5.74, 6) is 6.30. The van der Waals surface area contributed by atoms with E-state index < -0.39 is 0 Å². The smallest absolute Gasteiger partial charge is 0.266 e. The molecule has 4 nitrogen and oxygen atoms in total. The average molecular weight is 583 g/mol. The minimum Gasteiger partial charge on any atom is -0.268 e. The van der Waals surface area contributed by atoms with Crippen molar-refractivity contribution in [2.24, 2.45) is 0 Å². The van der Waals surface area contributed by atoms with Crippen LogP contribution in [0.5, 0.6) is 0 Å². The van der Waals surface area contributed by atoms with Crippen LogP contribution in [0.3, 0.4) is 0 Å². The second kappa shape index (κ2) is 10.0. The molecule has 0 fully saturated rings. The molecule has 0 saturated carbocycles. The Kier molecular flexibility index (Phi) is 6.01. The highest BCUT2D eigenvalue weighted by Crippen LogP contribution is 2.46. The van der Waals surface area contributed by atoms with E-state index in [1.165, 1.54) is 4.90 Å². The number of hydrogen-bond acceptors (Lipinski definition) is 3. The van der Waals surface area contributed by atoms with Gasteiger partial charge in [0.15, 0.2) is 0 Å². The fourth-order valence-electron chi connectivity index (χ4n) is 7.14. The first-order valence-corrected chi connectivity index (χ1v) is 15.5. The van der Waals surface area contributed by atoms with Crippen molar-refractivity contribution < 1.29 is 9.59 Å². The lowest BCUT2D eigenvalue weighted by Gasteiger charge is -2.32. The lowest BCUT2D eigenvalue weighted by atomic mass is 9.83. The maximum Gasteiger partial charge on any atom is 0.266 e. The number of aromatic nitrogens is 1. The van der Waals surface area contributed by atoms with Crippen LogP contribution in [-0.2, 0) is 0 Å². The first-order valence-electron chi connectivity index (χ1n) is 15.5. The summed E-state index contributed by atoms with van der Waals surface area (Å²) in [6.07, 6.45) is 1.75. The molecule has 0 aliphatic carbocycles. The number of benzene rings is 6. The highest BCUT2D eigenvalue weighted by Gasteiger charge is 2.37. The number of anilines is 1. The van der Waals surface area contributed by atoms with Crippen molar-refractivity contribution in [3.8, 4) is 11.8 Å². The third kappa shape index (κ3) is 3.90. The van der Waals surface area contributed by atoms with Gasteiger partial charge in [-0.05, 0) is 96.9 Å². The Bertz CT molecular complexity index is 2330. The summed E-state index contributed by atoms with van der Waals surface area (Å²) in [5.41, 5.74) is 5.51. The SMILES string of the molecule is CC(C)c1cccc(C(C)C)c1N1C(=O)c2ccc3c4cccc5c(C#Cc6ccccn6)ccc(c6ccc(c2c36)C1=O)c54. The molecule has 1 aliphatic heterocycles. The fraction of sp³-hybridized carbons (Fsp3) is 0.146. The van der Waals surface area contributed by atoms with E-state index in [4.69, 9.17) is 0 Å². The van der Waals surface area contributed by atoms with Crippen molar-refractivity contribution >= 4 is 60.6 Å². The zero-order chi connectivity index (χ0) is 31.0. The summed E-state index contributed by atoms with van der Waals surface area (Å²) < 4.78 is 0. The molecule has 0 bridgehead atoms. The molecule has 45 heavy (non-hydrogen) atoms. The van der Waals surface area contributed by atoms with Crippen LogP contribution in [0.2, 0.25) is 0 Å². The summed E-state index contributed by atoms with van der Waals surface area (Å²) >= 11 is 0. The molecule has 1 aliphatic rings. The topological polar surface area (TPSA) is 50.3 Å². The van der Waals surface area contributed by atoms with Crippen molar-refractivity contribution in [3.63, 3.8) is 0 Å². The molecular weight excluding hydrogens is 552 g/mol. The van der Waals surface area contributed by atoms with Gasteiger partial charge in [-0.2, -0.15) is 0 Å². The summed E-state index contributed by atoms with van der Waals surface area (Å²) in [5, 5.41) is 8.10. The summed E-state index contributed by atoms with van der Waals surface area (Å²) in [6.45, 7) is 8.42. The maximum atomic E-state index is 14.4. The molecule has 0 N–H and O–H groups in total. The van der Waals surface area contributed by atoms with Gasteiger partial charge in [0.2, 0.25) is 0 Å². The summed E-state index contributed by atoms with van der Waals surface area (Å²) in [7, 11) is 0. The van der Waals surface area contributed by atoms with Gasteiger partial charge < -0.3 is 0 Å². The molecule has 2 amide bonds. The lowest BCUT2D eigenvalue weighted by molar-refractivity contribution is 0.0893. The van der Waals surface area contributed by atoms with Gasteiger partial charge in [-0.1, -0.05) is 94.3 Å². The largest absolute Gasteiger partial charge is 0.268 e. The van der Waals surface area contributed by atoms with Crippen LogP contribution >= 0.6 is 0 Å². The monoisotopic (exact) mass is 582 g/mol. The van der Waals surface area contributed by atoms with Crippen molar-refractivity contribution in [2.75, 3.05) is 4.90 Å². The van der Waals surface area contributed by atoms with Crippen LogP contribution in [0.25, 0.3) is 43.1 Å². The predicted molar refractivity (Wildman–Crippen MR) is 184 cm³/mol. The Hall–Kier alpha value is -5.53. The van der Waals surface area contributed by atoms with Crippen molar-refractivity contribution in [2.45, 2.75) is 39.5 Å². The molecule has 8 rings (SSSR count). The van der Waals surface area contributed by atoms with E-state index in [1.54, 1.807) is 6.20 Å². The number of imide groups is 1. The molecule has 0 radical (unpaired) electrons. The van der Waals surface area contributed by atoms with E-state index in [1.807, 2.05) is 48.5 Å². The van der Waals surface area contributed by atoms with Crippen molar-refractivity contribution in [3.05, 3.63) is 131 Å². The molecule has 6 aromatic carbocycles. The van der Waals surface area contributed by atoms with Gasteiger partial charge in [0.05, 0.1) is 5.69 Å². The molecule has 0 unspecified atom stereocenters. The van der Waals surface area contributed by atoms with Gasteiger partial charge in [-0.25, -0.2) is 9.88 Å². The maximum absolute atomic E-state index is 14.4. The minimum absolute atomic E-state index is 0.145. The van der Waals surface area contributed by atoms with E-state index in [0.717, 1.165) is 71.2 Å². The Morgan fingerprint density at radius 1 is 0.556 bits per heavy atom. The molecule has 4 heteroatoms. The van der Waals surface area contributed by atoms with Gasteiger partial charge in [0.25, 0.3) is 11.8 Å². The zero-order valence-corrected chi connectivity index (χ0v) is 25.6. The van der Waals surface area contributed by atoms with E-state index in [9.17, 15) is 9.59 Å². The molecule has 216 valence electrons. The Morgan fingerprint density at radius 3 is 1.76 bits per heavy atom. The molecule has 7 aromatic rings. The molecule has 2 heterocycles. The van der Waals surface area contributed by atoms with Crippen LogP contribution in [0, 0.1) is 11.8 Å². The first kappa shape index (κ1) is 27.0. The second-order valence-electron chi connectivity index (χ2n) is 12.5. The van der Waals surface area contributed by atoms with Crippen molar-refractivity contribution in [1.29, 1.82) is 0 Å². The number of nitrogens with zero attached hydrogens (tertiary/aromatic N) is 2. The van der Waals surface area contributed by atoms with Crippen LogP contribution in [-0.4, -0.2) is 16.8 Å². The third-order valence-corrected chi connectivity index (χ3v) is 9.20. The Morgan fingerprint density at radius 2 is 1.13 bits per heavy atom. The quantitative estimate of drug-likeness (QED) is 0.0902. The number of para-hydroxylation sites is 1. The lowest BCUT2D eigenvalue weighted by Crippen LogP contribution is -2.41. The van der Waals surface area contributed by atoms with Crippen LogP contribution < -0.4 is 4.90 Å². The number of carbonyl (C=O) groups excluding carboxylic acids is 2. The Balaban J connectivity index is 1.38. The van der Waals surface area contributed by atoms with Gasteiger partial charge in [-0.3, -0.25) is 9.59 Å². The minimum atomic E-state index is -0.268. The highest BCUT2D eigenvalue weighted by molar-refractivity contribution is 6.42. The first-order chi connectivity index (χ1) is 21.8. The molecule has 0 spiro atoms. The number of rotatable bonds is 3. The van der Waals surface area contributed by atoms with Gasteiger partial charge in [0, 0.05) is 28.3 Å². The second-order valence-corrected chi connectivity index (χ2v) is 12.5. The predicted octanol–water partition coefficient (Wildman–Crippen LogP) is 9.58. The third-order valence-electron chi connectivity index (χ3n) is 9.20. The summed E-state index contributed by atoms with van der Waals surface area (Å²) in [4.78, 5) is 34.7.